The van der Waals surface area contributed by atoms with Gasteiger partial charge < -0.3 is 15.0 Å². The Balaban J connectivity index is 1.44. The number of hydrogen-bond donors (Lipinski definition) is 1. The fourth-order valence-electron chi connectivity index (χ4n) is 4.45. The zero-order chi connectivity index (χ0) is 21.3. The highest BCUT2D eigenvalue weighted by Gasteiger charge is 2.38. The molecule has 3 aliphatic rings. The number of ether oxygens (including phenoxy) is 1. The summed E-state index contributed by atoms with van der Waals surface area (Å²) in [6.45, 7) is 5.26. The van der Waals surface area contributed by atoms with Crippen molar-refractivity contribution in [1.82, 2.24) is 15.1 Å². The number of likely N-dealkylation sites (tertiary alicyclic amines) is 1. The maximum atomic E-state index is 14.7. The average molecular weight is 438 g/mol. The highest BCUT2D eigenvalue weighted by atomic mass is 35.5. The maximum absolute atomic E-state index is 14.7. The lowest BCUT2D eigenvalue weighted by atomic mass is 10.0. The molecule has 1 N–H and O–H groups in total. The molecular formula is C22H29ClFN3O3. The Hall–Kier alpha value is -1.70. The van der Waals surface area contributed by atoms with Gasteiger partial charge in [0.2, 0.25) is 11.8 Å². The van der Waals surface area contributed by atoms with Gasteiger partial charge in [-0.1, -0.05) is 17.7 Å². The first-order valence-electron chi connectivity index (χ1n) is 10.8. The Kier molecular flexibility index (Phi) is 6.60. The second-order valence-corrected chi connectivity index (χ2v) is 9.12. The summed E-state index contributed by atoms with van der Waals surface area (Å²) in [6, 6.07) is 4.25. The van der Waals surface area contributed by atoms with Gasteiger partial charge >= 0.3 is 0 Å². The molecule has 0 spiro atoms. The van der Waals surface area contributed by atoms with Gasteiger partial charge in [-0.05, 0) is 37.8 Å². The Morgan fingerprint density at radius 2 is 2.17 bits per heavy atom. The fraction of sp³-hybridized carbons (Fsp3) is 0.636. The third-order valence-corrected chi connectivity index (χ3v) is 6.61. The van der Waals surface area contributed by atoms with E-state index in [2.05, 4.69) is 10.2 Å². The number of benzene rings is 1. The highest BCUT2D eigenvalue weighted by Crippen LogP contribution is 2.33. The molecule has 2 heterocycles. The molecule has 164 valence electrons. The molecule has 0 aromatic heterocycles. The number of carbonyl (C=O) groups excluding carboxylic acids is 2. The van der Waals surface area contributed by atoms with Gasteiger partial charge in [0.15, 0.2) is 0 Å². The van der Waals surface area contributed by atoms with Gasteiger partial charge in [-0.25, -0.2) is 4.39 Å². The SMILES string of the molecule is C[C@@H]1CN([C@H](CNC(=O)[C@H]2CC(=O)N(CC3CC3)C2)c2c(F)cccc2Cl)CCO1. The van der Waals surface area contributed by atoms with Crippen LogP contribution in [0.1, 0.15) is 37.8 Å². The Morgan fingerprint density at radius 1 is 1.37 bits per heavy atom. The summed E-state index contributed by atoms with van der Waals surface area (Å²) in [4.78, 5) is 29.0. The van der Waals surface area contributed by atoms with Gasteiger partial charge in [-0.3, -0.25) is 14.5 Å². The molecule has 2 amide bonds. The fourth-order valence-corrected chi connectivity index (χ4v) is 4.74. The summed E-state index contributed by atoms with van der Waals surface area (Å²) < 4.78 is 20.3. The van der Waals surface area contributed by atoms with Gasteiger partial charge in [0.05, 0.1) is 24.7 Å². The lowest BCUT2D eigenvalue weighted by Gasteiger charge is -2.38. The molecule has 3 fully saturated rings. The topological polar surface area (TPSA) is 61.9 Å². The van der Waals surface area contributed by atoms with E-state index in [1.165, 1.54) is 18.9 Å². The van der Waals surface area contributed by atoms with Crippen LogP contribution in [0.25, 0.3) is 0 Å². The Bertz CT molecular complexity index is 784. The van der Waals surface area contributed by atoms with Crippen molar-refractivity contribution in [1.29, 1.82) is 0 Å². The van der Waals surface area contributed by atoms with E-state index in [0.717, 1.165) is 6.54 Å². The molecule has 0 bridgehead atoms. The zero-order valence-corrected chi connectivity index (χ0v) is 18.0. The minimum Gasteiger partial charge on any atom is -0.376 e. The van der Waals surface area contributed by atoms with Crippen LogP contribution in [-0.2, 0) is 14.3 Å². The summed E-state index contributed by atoms with van der Waals surface area (Å²) >= 11 is 6.35. The first kappa shape index (κ1) is 21.5. The lowest BCUT2D eigenvalue weighted by Crippen LogP contribution is -2.47. The van der Waals surface area contributed by atoms with Crippen LogP contribution in [0.4, 0.5) is 4.39 Å². The number of carbonyl (C=O) groups is 2. The summed E-state index contributed by atoms with van der Waals surface area (Å²) in [5, 5.41) is 3.32. The van der Waals surface area contributed by atoms with E-state index in [-0.39, 0.29) is 42.6 Å². The Morgan fingerprint density at radius 3 is 2.87 bits per heavy atom. The molecule has 6 nitrogen and oxygen atoms in total. The summed E-state index contributed by atoms with van der Waals surface area (Å²) in [6.07, 6.45) is 2.61. The lowest BCUT2D eigenvalue weighted by molar-refractivity contribution is -0.129. The van der Waals surface area contributed by atoms with Gasteiger partial charge in [0, 0.05) is 49.7 Å². The number of morpholine rings is 1. The standard InChI is InChI=1S/C22H29ClFN3O3/c1-14-11-26(7-8-30-14)19(21-17(23)3-2-4-18(21)24)10-25-22(29)16-9-20(28)27(13-16)12-15-5-6-15/h2-4,14-16,19H,5-13H2,1H3,(H,25,29)/t14-,16+,19-/m1/s1. The van der Waals surface area contributed by atoms with Crippen LogP contribution >= 0.6 is 11.6 Å². The van der Waals surface area contributed by atoms with Gasteiger partial charge in [0.25, 0.3) is 0 Å². The van der Waals surface area contributed by atoms with Crippen LogP contribution in [0.5, 0.6) is 0 Å². The minimum atomic E-state index is -0.395. The third-order valence-electron chi connectivity index (χ3n) is 6.28. The van der Waals surface area contributed by atoms with Crippen LogP contribution in [0, 0.1) is 17.7 Å². The Labute approximate surface area is 181 Å². The monoisotopic (exact) mass is 437 g/mol. The van der Waals surface area contributed by atoms with E-state index in [4.69, 9.17) is 16.3 Å². The highest BCUT2D eigenvalue weighted by molar-refractivity contribution is 6.31. The second kappa shape index (κ2) is 9.20. The first-order valence-corrected chi connectivity index (χ1v) is 11.1. The number of nitrogens with one attached hydrogen (secondary N) is 1. The molecule has 3 atom stereocenters. The van der Waals surface area contributed by atoms with Crippen molar-refractivity contribution in [2.45, 2.75) is 38.3 Å². The molecule has 1 aliphatic carbocycles. The number of rotatable bonds is 7. The van der Waals surface area contributed by atoms with Crippen LogP contribution in [0.2, 0.25) is 5.02 Å². The quantitative estimate of drug-likeness (QED) is 0.712. The van der Waals surface area contributed by atoms with E-state index >= 15 is 0 Å². The molecule has 0 radical (unpaired) electrons. The van der Waals surface area contributed by atoms with E-state index in [0.29, 0.717) is 42.7 Å². The molecule has 0 unspecified atom stereocenters. The normalized spacial score (nSPS) is 26.1. The predicted octanol–water partition coefficient (Wildman–Crippen LogP) is 2.62. The van der Waals surface area contributed by atoms with Crippen LogP contribution in [0.3, 0.4) is 0 Å². The van der Waals surface area contributed by atoms with Gasteiger partial charge in [-0.15, -0.1) is 0 Å². The van der Waals surface area contributed by atoms with Gasteiger partial charge in [0.1, 0.15) is 5.82 Å². The van der Waals surface area contributed by atoms with Crippen molar-refractivity contribution >= 4 is 23.4 Å². The van der Waals surface area contributed by atoms with Crippen molar-refractivity contribution < 1.29 is 18.7 Å². The number of hydrogen-bond acceptors (Lipinski definition) is 4. The number of halogens is 2. The van der Waals surface area contributed by atoms with Crippen LogP contribution < -0.4 is 5.32 Å². The van der Waals surface area contributed by atoms with Crippen molar-refractivity contribution in [2.24, 2.45) is 11.8 Å². The van der Waals surface area contributed by atoms with Crippen molar-refractivity contribution in [3.8, 4) is 0 Å². The largest absolute Gasteiger partial charge is 0.376 e. The molecule has 30 heavy (non-hydrogen) atoms. The molecule has 2 saturated heterocycles. The number of amides is 2. The summed E-state index contributed by atoms with van der Waals surface area (Å²) in [5.41, 5.74) is 0.395. The predicted molar refractivity (Wildman–Crippen MR) is 112 cm³/mol. The smallest absolute Gasteiger partial charge is 0.225 e. The molecule has 4 rings (SSSR count). The third kappa shape index (κ3) is 4.95. The van der Waals surface area contributed by atoms with Gasteiger partial charge in [-0.2, -0.15) is 0 Å². The minimum absolute atomic E-state index is 0.0194. The molecule has 1 aromatic rings. The summed E-state index contributed by atoms with van der Waals surface area (Å²) in [5.74, 6) is -0.228. The molecule has 8 heteroatoms. The molecule has 1 saturated carbocycles. The number of nitrogens with zero attached hydrogens (tertiary/aromatic N) is 2. The molecule has 1 aromatic carbocycles. The second-order valence-electron chi connectivity index (χ2n) is 8.72. The molecule has 2 aliphatic heterocycles. The van der Waals surface area contributed by atoms with E-state index in [1.54, 1.807) is 12.1 Å². The summed E-state index contributed by atoms with van der Waals surface area (Å²) in [7, 11) is 0. The van der Waals surface area contributed by atoms with Crippen molar-refractivity contribution in [3.05, 3.63) is 34.6 Å². The first-order chi connectivity index (χ1) is 14.4. The zero-order valence-electron chi connectivity index (χ0n) is 17.3. The van der Waals surface area contributed by atoms with Crippen LogP contribution in [0.15, 0.2) is 18.2 Å². The van der Waals surface area contributed by atoms with E-state index in [9.17, 15) is 14.0 Å². The van der Waals surface area contributed by atoms with Crippen LogP contribution in [-0.4, -0.2) is 67.0 Å². The van der Waals surface area contributed by atoms with E-state index in [1.807, 2.05) is 11.8 Å². The van der Waals surface area contributed by atoms with Crippen molar-refractivity contribution in [2.75, 3.05) is 39.3 Å². The van der Waals surface area contributed by atoms with E-state index < -0.39 is 6.04 Å². The maximum Gasteiger partial charge on any atom is 0.225 e. The average Bonchev–Trinajstić information content (AvgIpc) is 3.45. The molecular weight excluding hydrogens is 409 g/mol. The van der Waals surface area contributed by atoms with Crippen molar-refractivity contribution in [3.63, 3.8) is 0 Å².